The number of piperidine rings is 1. The zero-order chi connectivity index (χ0) is 30.1. The summed E-state index contributed by atoms with van der Waals surface area (Å²) in [6, 6.07) is 25.0. The zero-order valence-corrected chi connectivity index (χ0v) is 25.0. The van der Waals surface area contributed by atoms with Crippen molar-refractivity contribution in [3.63, 3.8) is 0 Å². The molecule has 0 bridgehead atoms. The number of nitrogens with zero attached hydrogens (tertiary/aromatic N) is 2. The van der Waals surface area contributed by atoms with Crippen molar-refractivity contribution >= 4 is 17.8 Å². The number of hydrogen-bond donors (Lipinski definition) is 4. The van der Waals surface area contributed by atoms with Crippen LogP contribution in [0.15, 0.2) is 78.9 Å². The van der Waals surface area contributed by atoms with Crippen molar-refractivity contribution in [3.8, 4) is 16.9 Å². The van der Waals surface area contributed by atoms with Gasteiger partial charge in [-0.15, -0.1) is 0 Å². The van der Waals surface area contributed by atoms with Crippen molar-refractivity contribution in [2.24, 2.45) is 0 Å². The Balaban J connectivity index is 1.13. The lowest BCUT2D eigenvalue weighted by atomic mass is 10.0. The number of urea groups is 1. The normalized spacial score (nSPS) is 13.3. The first-order chi connectivity index (χ1) is 21.1. The molecule has 0 radical (unpaired) electrons. The minimum atomic E-state index is -0.441. The highest BCUT2D eigenvalue weighted by atomic mass is 16.6. The lowest BCUT2D eigenvalue weighted by molar-refractivity contribution is 0.122. The lowest BCUT2D eigenvalue weighted by Crippen LogP contribution is -2.50. The van der Waals surface area contributed by atoms with Crippen LogP contribution in [0.3, 0.4) is 0 Å². The third-order valence-electron chi connectivity index (χ3n) is 7.46. The molecule has 9 nitrogen and oxygen atoms in total. The van der Waals surface area contributed by atoms with E-state index in [1.807, 2.05) is 66.7 Å². The summed E-state index contributed by atoms with van der Waals surface area (Å²) in [4.78, 5) is 25.6. The summed E-state index contributed by atoms with van der Waals surface area (Å²) in [5.74, 6) is 0.290. The first-order valence-electron chi connectivity index (χ1n) is 15.5. The Hall–Kier alpha value is -4.08. The van der Waals surface area contributed by atoms with Crippen LogP contribution >= 0.6 is 0 Å². The summed E-state index contributed by atoms with van der Waals surface area (Å²) in [5, 5.41) is 22.2. The third-order valence-corrected chi connectivity index (χ3v) is 7.46. The Bertz CT molecular complexity index is 1250. The minimum Gasteiger partial charge on any atom is -0.508 e. The number of nitrogens with one attached hydrogen (secondary N) is 3. The fourth-order valence-corrected chi connectivity index (χ4v) is 5.16. The van der Waals surface area contributed by atoms with Crippen molar-refractivity contribution in [3.05, 3.63) is 84.4 Å². The molecule has 3 aromatic carbocycles. The number of anilines is 1. The molecule has 1 saturated heterocycles. The fraction of sp³-hybridized carbons (Fsp3) is 0.412. The highest BCUT2D eigenvalue weighted by Crippen LogP contribution is 2.33. The van der Waals surface area contributed by atoms with Gasteiger partial charge in [-0.1, -0.05) is 73.5 Å². The molecule has 0 spiro atoms. The van der Waals surface area contributed by atoms with Gasteiger partial charge in [-0.05, 0) is 74.5 Å². The number of carbonyl (C=O) groups excluding carboxylic acids is 2. The molecule has 1 heterocycles. The maximum atomic E-state index is 13.4. The molecule has 1 aliphatic rings. The number of ether oxygens (including phenoxy) is 1. The molecule has 0 aliphatic carbocycles. The van der Waals surface area contributed by atoms with Crippen LogP contribution in [0, 0.1) is 0 Å². The second-order valence-electron chi connectivity index (χ2n) is 10.7. The zero-order valence-electron chi connectivity index (χ0n) is 25.0. The van der Waals surface area contributed by atoms with Crippen LogP contribution in [-0.2, 0) is 11.2 Å². The first-order valence-corrected chi connectivity index (χ1v) is 15.5. The van der Waals surface area contributed by atoms with Gasteiger partial charge in [-0.25, -0.2) is 19.6 Å². The van der Waals surface area contributed by atoms with Gasteiger partial charge in [-0.2, -0.15) is 0 Å². The molecule has 0 saturated carbocycles. The van der Waals surface area contributed by atoms with E-state index in [1.165, 1.54) is 5.56 Å². The fourth-order valence-electron chi connectivity index (χ4n) is 5.16. The number of benzene rings is 3. The van der Waals surface area contributed by atoms with Crippen LogP contribution in [-0.4, -0.2) is 68.1 Å². The van der Waals surface area contributed by atoms with Crippen molar-refractivity contribution in [1.29, 1.82) is 0 Å². The summed E-state index contributed by atoms with van der Waals surface area (Å²) in [6.45, 7) is 4.31. The lowest BCUT2D eigenvalue weighted by Gasteiger charge is -2.37. The number of phenols is 1. The van der Waals surface area contributed by atoms with Crippen LogP contribution in [0.4, 0.5) is 15.3 Å². The number of hydrogen-bond acceptors (Lipinski definition) is 6. The number of para-hydroxylation sites is 1. The number of phenolic OH excluding ortho intramolecular Hbond substituents is 1. The molecule has 1 fully saturated rings. The van der Waals surface area contributed by atoms with E-state index < -0.39 is 6.09 Å². The Morgan fingerprint density at radius 2 is 1.47 bits per heavy atom. The number of unbranched alkanes of at least 4 members (excludes halogenated alkanes) is 2. The molecule has 230 valence electrons. The monoisotopic (exact) mass is 587 g/mol. The molecule has 4 N–H and O–H groups in total. The maximum Gasteiger partial charge on any atom is 0.429 e. The summed E-state index contributed by atoms with van der Waals surface area (Å²) in [7, 11) is 0. The van der Waals surface area contributed by atoms with Crippen LogP contribution in [0.25, 0.3) is 11.1 Å². The first kappa shape index (κ1) is 31.8. The molecule has 0 aromatic heterocycles. The van der Waals surface area contributed by atoms with Gasteiger partial charge >= 0.3 is 12.1 Å². The van der Waals surface area contributed by atoms with Gasteiger partial charge in [0.2, 0.25) is 0 Å². The summed E-state index contributed by atoms with van der Waals surface area (Å²) < 4.78 is 5.66. The van der Waals surface area contributed by atoms with Gasteiger partial charge < -0.3 is 25.8 Å². The van der Waals surface area contributed by atoms with E-state index in [4.69, 9.17) is 4.74 Å². The Morgan fingerprint density at radius 1 is 0.767 bits per heavy atom. The SMILES string of the molecule is O=C(NCCCCCNCCc1ccc(O)cc1)NCCOC(=O)N(c1ccccc1-c1ccccc1)N1CCCCC1. The van der Waals surface area contributed by atoms with Crippen LogP contribution in [0.1, 0.15) is 44.1 Å². The van der Waals surface area contributed by atoms with Crippen LogP contribution < -0.4 is 21.0 Å². The maximum absolute atomic E-state index is 13.4. The van der Waals surface area contributed by atoms with Crippen molar-refractivity contribution in [2.45, 2.75) is 44.9 Å². The molecular weight excluding hydrogens is 542 g/mol. The highest BCUT2D eigenvalue weighted by molar-refractivity contribution is 5.93. The summed E-state index contributed by atoms with van der Waals surface area (Å²) >= 11 is 0. The molecule has 0 atom stereocenters. The Morgan fingerprint density at radius 3 is 2.26 bits per heavy atom. The second-order valence-corrected chi connectivity index (χ2v) is 10.7. The summed E-state index contributed by atoms with van der Waals surface area (Å²) in [5.41, 5.74) is 3.99. The number of carbonyl (C=O) groups is 2. The topological polar surface area (TPSA) is 106 Å². The van der Waals surface area contributed by atoms with Gasteiger partial charge in [0.05, 0.1) is 12.2 Å². The molecule has 0 unspecified atom stereocenters. The minimum absolute atomic E-state index is 0.0832. The smallest absolute Gasteiger partial charge is 0.429 e. The largest absolute Gasteiger partial charge is 0.508 e. The molecule has 9 heteroatoms. The molecule has 43 heavy (non-hydrogen) atoms. The average molecular weight is 588 g/mol. The van der Waals surface area contributed by atoms with E-state index >= 15 is 0 Å². The number of aromatic hydroxyl groups is 1. The van der Waals surface area contributed by atoms with Gasteiger partial charge in [0.1, 0.15) is 12.4 Å². The van der Waals surface area contributed by atoms with E-state index in [9.17, 15) is 14.7 Å². The molecule has 4 rings (SSSR count). The van der Waals surface area contributed by atoms with Gasteiger partial charge in [0, 0.05) is 25.2 Å². The molecule has 3 amide bonds. The number of rotatable bonds is 15. The van der Waals surface area contributed by atoms with Gasteiger partial charge in [0.15, 0.2) is 0 Å². The molecular formula is C34H45N5O4. The standard InChI is InChI=1S/C34H45N5O4/c40-30-18-16-28(17-19-30)20-23-35-21-8-2-9-22-36-33(41)37-24-27-43-34(42)39(38-25-10-3-11-26-38)32-15-7-6-14-31(32)29-12-4-1-5-13-29/h1,4-7,12-19,35,40H,2-3,8-11,20-27H2,(H2,36,37,41). The average Bonchev–Trinajstić information content (AvgIpc) is 3.04. The van der Waals surface area contributed by atoms with E-state index in [2.05, 4.69) is 21.0 Å². The van der Waals surface area contributed by atoms with Gasteiger partial charge in [-0.3, -0.25) is 0 Å². The highest BCUT2D eigenvalue weighted by Gasteiger charge is 2.28. The van der Waals surface area contributed by atoms with Crippen molar-refractivity contribution in [1.82, 2.24) is 21.0 Å². The third kappa shape index (κ3) is 10.6. The molecule has 3 aromatic rings. The summed E-state index contributed by atoms with van der Waals surface area (Å²) in [6.07, 6.45) is 6.63. The van der Waals surface area contributed by atoms with E-state index in [0.717, 1.165) is 87.9 Å². The van der Waals surface area contributed by atoms with E-state index in [0.29, 0.717) is 12.3 Å². The Kier molecular flexibility index (Phi) is 13.2. The van der Waals surface area contributed by atoms with Crippen LogP contribution in [0.5, 0.6) is 5.75 Å². The van der Waals surface area contributed by atoms with E-state index in [1.54, 1.807) is 17.1 Å². The van der Waals surface area contributed by atoms with Crippen LogP contribution in [0.2, 0.25) is 0 Å². The number of hydrazine groups is 1. The van der Waals surface area contributed by atoms with Crippen molar-refractivity contribution in [2.75, 3.05) is 50.9 Å². The predicted molar refractivity (Wildman–Crippen MR) is 171 cm³/mol. The van der Waals surface area contributed by atoms with Gasteiger partial charge in [0.25, 0.3) is 0 Å². The predicted octanol–water partition coefficient (Wildman–Crippen LogP) is 5.70. The molecule has 1 aliphatic heterocycles. The number of amides is 3. The Labute approximate surface area is 255 Å². The van der Waals surface area contributed by atoms with Crippen molar-refractivity contribution < 1.29 is 19.4 Å². The second kappa shape index (κ2) is 17.8. The quantitative estimate of drug-likeness (QED) is 0.170. The van der Waals surface area contributed by atoms with E-state index in [-0.39, 0.29) is 19.2 Å².